The van der Waals surface area contributed by atoms with E-state index in [4.69, 9.17) is 11.5 Å². The predicted octanol–water partition coefficient (Wildman–Crippen LogP) is 1.19. The Morgan fingerprint density at radius 2 is 2.00 bits per heavy atom. The van der Waals surface area contributed by atoms with Crippen LogP contribution in [-0.2, 0) is 0 Å². The maximum atomic E-state index is 5.70. The fourth-order valence-electron chi connectivity index (χ4n) is 1.14. The average molecular weight is 254 g/mol. The third-order valence-electron chi connectivity index (χ3n) is 1.69. The lowest BCUT2D eigenvalue weighted by Gasteiger charge is -2.02. The van der Waals surface area contributed by atoms with Gasteiger partial charge in [-0.3, -0.25) is 4.98 Å². The first kappa shape index (κ1) is 9.01. The lowest BCUT2D eigenvalue weighted by molar-refractivity contribution is 0.888. The third-order valence-corrected chi connectivity index (χ3v) is 2.12. The molecule has 2 heterocycles. The number of rotatable bonds is 1. The Hall–Kier alpha value is -1.56. The number of halogens is 1. The summed E-state index contributed by atoms with van der Waals surface area (Å²) >= 11 is 3.32. The molecule has 6 heteroatoms. The number of nitrogen functional groups attached to an aromatic ring is 2. The number of anilines is 2. The Kier molecular flexibility index (Phi) is 2.12. The molecule has 14 heavy (non-hydrogen) atoms. The number of hydrogen-bond acceptors (Lipinski definition) is 4. The van der Waals surface area contributed by atoms with Crippen LogP contribution in [-0.4, -0.2) is 14.8 Å². The van der Waals surface area contributed by atoms with Crippen LogP contribution in [0, 0.1) is 0 Å². The van der Waals surface area contributed by atoms with Gasteiger partial charge in [0.2, 0.25) is 0 Å². The minimum Gasteiger partial charge on any atom is -0.384 e. The van der Waals surface area contributed by atoms with E-state index < -0.39 is 0 Å². The first-order valence-electron chi connectivity index (χ1n) is 3.89. The highest BCUT2D eigenvalue weighted by Crippen LogP contribution is 2.17. The quantitative estimate of drug-likeness (QED) is 0.800. The van der Waals surface area contributed by atoms with Gasteiger partial charge in [-0.05, 0) is 22.0 Å². The van der Waals surface area contributed by atoms with Crippen molar-refractivity contribution in [3.8, 4) is 5.69 Å². The van der Waals surface area contributed by atoms with Crippen LogP contribution in [0.2, 0.25) is 0 Å². The Bertz CT molecular complexity index is 465. The molecule has 0 bridgehead atoms. The van der Waals surface area contributed by atoms with E-state index in [2.05, 4.69) is 26.0 Å². The zero-order valence-corrected chi connectivity index (χ0v) is 8.77. The summed E-state index contributed by atoms with van der Waals surface area (Å²) in [6.07, 6.45) is 3.35. The van der Waals surface area contributed by atoms with Gasteiger partial charge in [0.05, 0.1) is 11.9 Å². The van der Waals surface area contributed by atoms with Gasteiger partial charge in [-0.2, -0.15) is 0 Å². The zero-order chi connectivity index (χ0) is 10.1. The first-order chi connectivity index (χ1) is 6.66. The summed E-state index contributed by atoms with van der Waals surface area (Å²) in [5, 5.41) is 4.03. The average Bonchev–Trinajstić information content (AvgIpc) is 2.45. The molecular weight excluding hydrogens is 246 g/mol. The molecule has 0 saturated carbocycles. The van der Waals surface area contributed by atoms with Gasteiger partial charge in [-0.1, -0.05) is 0 Å². The topological polar surface area (TPSA) is 82.8 Å². The molecule has 0 aliphatic carbocycles. The van der Waals surface area contributed by atoms with Gasteiger partial charge in [0.25, 0.3) is 0 Å². The number of hydrogen-bond donors (Lipinski definition) is 2. The molecule has 0 atom stereocenters. The second-order valence-electron chi connectivity index (χ2n) is 2.77. The van der Waals surface area contributed by atoms with Crippen molar-refractivity contribution in [2.24, 2.45) is 0 Å². The van der Waals surface area contributed by atoms with Crippen LogP contribution in [0.3, 0.4) is 0 Å². The van der Waals surface area contributed by atoms with Crippen LogP contribution in [0.15, 0.2) is 29.0 Å². The molecule has 72 valence electrons. The number of nitrogens with two attached hydrogens (primary N) is 2. The van der Waals surface area contributed by atoms with Gasteiger partial charge in [0.1, 0.15) is 11.6 Å². The molecule has 2 aromatic heterocycles. The van der Waals surface area contributed by atoms with E-state index in [9.17, 15) is 0 Å². The van der Waals surface area contributed by atoms with Gasteiger partial charge in [-0.15, -0.1) is 5.10 Å². The largest absolute Gasteiger partial charge is 0.384 e. The van der Waals surface area contributed by atoms with Crippen LogP contribution in [0.1, 0.15) is 0 Å². The summed E-state index contributed by atoms with van der Waals surface area (Å²) in [6.45, 7) is 0. The molecule has 0 amide bonds. The molecule has 0 fully saturated rings. The highest BCUT2D eigenvalue weighted by molar-refractivity contribution is 9.10. The van der Waals surface area contributed by atoms with Crippen molar-refractivity contribution in [3.63, 3.8) is 0 Å². The second kappa shape index (κ2) is 3.30. The molecule has 0 aromatic carbocycles. The van der Waals surface area contributed by atoms with E-state index in [1.54, 1.807) is 18.5 Å². The Balaban J connectivity index is 2.54. The van der Waals surface area contributed by atoms with Crippen molar-refractivity contribution >= 4 is 27.6 Å². The van der Waals surface area contributed by atoms with Crippen LogP contribution in [0.5, 0.6) is 0 Å². The smallest absolute Gasteiger partial charge is 0.148 e. The number of nitrogens with zero attached hydrogens (tertiary/aromatic N) is 3. The molecule has 0 saturated heterocycles. The van der Waals surface area contributed by atoms with Crippen molar-refractivity contribution in [2.45, 2.75) is 0 Å². The SMILES string of the molecule is Nc1cc(N)n(-c2cncc(Br)c2)n1. The van der Waals surface area contributed by atoms with Crippen molar-refractivity contribution in [2.75, 3.05) is 11.5 Å². The van der Waals surface area contributed by atoms with Gasteiger partial charge in [0, 0.05) is 16.7 Å². The molecule has 0 radical (unpaired) electrons. The van der Waals surface area contributed by atoms with E-state index in [0.717, 1.165) is 10.2 Å². The summed E-state index contributed by atoms with van der Waals surface area (Å²) in [5.74, 6) is 0.880. The fourth-order valence-corrected chi connectivity index (χ4v) is 1.49. The van der Waals surface area contributed by atoms with Gasteiger partial charge >= 0.3 is 0 Å². The van der Waals surface area contributed by atoms with Crippen molar-refractivity contribution in [3.05, 3.63) is 29.0 Å². The summed E-state index contributed by atoms with van der Waals surface area (Å²) in [4.78, 5) is 4.01. The molecule has 0 aliphatic heterocycles. The normalized spacial score (nSPS) is 10.4. The molecule has 0 unspecified atom stereocenters. The van der Waals surface area contributed by atoms with Crippen LogP contribution in [0.4, 0.5) is 11.6 Å². The Morgan fingerprint density at radius 1 is 1.21 bits per heavy atom. The van der Waals surface area contributed by atoms with E-state index in [-0.39, 0.29) is 0 Å². The predicted molar refractivity (Wildman–Crippen MR) is 57.9 cm³/mol. The van der Waals surface area contributed by atoms with Crippen molar-refractivity contribution < 1.29 is 0 Å². The van der Waals surface area contributed by atoms with Crippen LogP contribution < -0.4 is 11.5 Å². The second-order valence-corrected chi connectivity index (χ2v) is 3.68. The number of pyridine rings is 1. The number of aromatic nitrogens is 3. The zero-order valence-electron chi connectivity index (χ0n) is 7.18. The van der Waals surface area contributed by atoms with E-state index in [1.165, 1.54) is 4.68 Å². The molecule has 0 spiro atoms. The molecule has 2 rings (SSSR count). The minimum absolute atomic E-state index is 0.391. The molecule has 0 aliphatic rings. The lowest BCUT2D eigenvalue weighted by atomic mass is 10.4. The summed E-state index contributed by atoms with van der Waals surface area (Å²) in [5.41, 5.74) is 12.0. The highest BCUT2D eigenvalue weighted by Gasteiger charge is 2.04. The maximum absolute atomic E-state index is 5.70. The fraction of sp³-hybridized carbons (Fsp3) is 0. The van der Waals surface area contributed by atoms with Gasteiger partial charge in [-0.25, -0.2) is 4.68 Å². The standard InChI is InChI=1S/C8H8BrN5/c9-5-1-6(4-12-3-5)14-8(11)2-7(10)13-14/h1-4H,11H2,(H2,10,13). The van der Waals surface area contributed by atoms with E-state index >= 15 is 0 Å². The lowest BCUT2D eigenvalue weighted by Crippen LogP contribution is -2.02. The molecule has 5 nitrogen and oxygen atoms in total. The maximum Gasteiger partial charge on any atom is 0.148 e. The molecule has 2 aromatic rings. The monoisotopic (exact) mass is 253 g/mol. The van der Waals surface area contributed by atoms with E-state index in [0.29, 0.717) is 11.6 Å². The highest BCUT2D eigenvalue weighted by atomic mass is 79.9. The first-order valence-corrected chi connectivity index (χ1v) is 4.68. The van der Waals surface area contributed by atoms with Gasteiger partial charge < -0.3 is 11.5 Å². The molecule has 4 N–H and O–H groups in total. The van der Waals surface area contributed by atoms with Gasteiger partial charge in [0.15, 0.2) is 0 Å². The van der Waals surface area contributed by atoms with Crippen LogP contribution in [0.25, 0.3) is 5.69 Å². The van der Waals surface area contributed by atoms with Crippen molar-refractivity contribution in [1.29, 1.82) is 0 Å². The molecular formula is C8H8BrN5. The van der Waals surface area contributed by atoms with Crippen molar-refractivity contribution in [1.82, 2.24) is 14.8 Å². The third kappa shape index (κ3) is 1.56. The van der Waals surface area contributed by atoms with Crippen LogP contribution >= 0.6 is 15.9 Å². The Labute approximate surface area is 88.9 Å². The summed E-state index contributed by atoms with van der Waals surface area (Å²) in [6, 6.07) is 3.46. The summed E-state index contributed by atoms with van der Waals surface area (Å²) < 4.78 is 2.40. The minimum atomic E-state index is 0.391. The summed E-state index contributed by atoms with van der Waals surface area (Å²) in [7, 11) is 0. The Morgan fingerprint density at radius 3 is 2.57 bits per heavy atom. The van der Waals surface area contributed by atoms with E-state index in [1.807, 2.05) is 6.07 Å².